The smallest absolute Gasteiger partial charge is 0.273 e. The van der Waals surface area contributed by atoms with Crippen LogP contribution in [-0.4, -0.2) is 48.2 Å². The number of carbonyl (C=O) groups is 1. The molecule has 1 aromatic heterocycles. The Kier molecular flexibility index (Phi) is 5.75. The van der Waals surface area contributed by atoms with Gasteiger partial charge in [0.05, 0.1) is 0 Å². The monoisotopic (exact) mass is 304 g/mol. The van der Waals surface area contributed by atoms with Gasteiger partial charge in [-0.05, 0) is 36.8 Å². The minimum absolute atomic E-state index is 0.105. The Bertz CT molecular complexity index is 476. The second-order valence-corrected chi connectivity index (χ2v) is 6.88. The highest BCUT2D eigenvalue weighted by molar-refractivity contribution is 5.91. The second kappa shape index (κ2) is 7.56. The molecule has 1 aromatic rings. The quantitative estimate of drug-likeness (QED) is 0.839. The minimum atomic E-state index is -0.105. The third-order valence-corrected chi connectivity index (χ3v) is 4.37. The van der Waals surface area contributed by atoms with Crippen LogP contribution in [0.1, 0.15) is 50.0 Å². The predicted octanol–water partition coefficient (Wildman–Crippen LogP) is 2.83. The van der Waals surface area contributed by atoms with E-state index in [1.165, 1.54) is 30.6 Å². The molecule has 22 heavy (non-hydrogen) atoms. The predicted molar refractivity (Wildman–Crippen MR) is 89.1 cm³/mol. The van der Waals surface area contributed by atoms with Gasteiger partial charge in [-0.3, -0.25) is 4.79 Å². The van der Waals surface area contributed by atoms with E-state index in [1.54, 1.807) is 20.2 Å². The normalized spacial score (nSPS) is 16.1. The molecule has 5 nitrogen and oxygen atoms in total. The fourth-order valence-corrected chi connectivity index (χ4v) is 2.86. The third-order valence-electron chi connectivity index (χ3n) is 4.37. The number of carbonyl (C=O) groups excluding carboxylic acids is 1. The summed E-state index contributed by atoms with van der Waals surface area (Å²) in [6.07, 6.45) is 5.12. The van der Waals surface area contributed by atoms with Crippen LogP contribution in [0.15, 0.2) is 12.1 Å². The van der Waals surface area contributed by atoms with Crippen LogP contribution in [0.2, 0.25) is 0 Å². The van der Waals surface area contributed by atoms with Crippen molar-refractivity contribution in [3.8, 4) is 0 Å². The van der Waals surface area contributed by atoms with Gasteiger partial charge in [-0.15, -0.1) is 10.2 Å². The average Bonchev–Trinajstić information content (AvgIpc) is 2.53. The third kappa shape index (κ3) is 4.42. The highest BCUT2D eigenvalue weighted by Crippen LogP contribution is 2.26. The Balaban J connectivity index is 1.87. The van der Waals surface area contributed by atoms with E-state index in [1.807, 2.05) is 6.07 Å². The van der Waals surface area contributed by atoms with Crippen molar-refractivity contribution in [2.75, 3.05) is 32.1 Å². The first-order valence-corrected chi connectivity index (χ1v) is 8.27. The SMILES string of the molecule is CC(C)CCC1CCN(c2ccc(C(=O)N(C)C)nn2)CC1. The molecule has 0 aromatic carbocycles. The molecule has 1 amide bonds. The molecule has 0 saturated carbocycles. The molecule has 0 spiro atoms. The molecule has 0 N–H and O–H groups in total. The van der Waals surface area contributed by atoms with Crippen molar-refractivity contribution >= 4 is 11.7 Å². The molecule has 2 rings (SSSR count). The highest BCUT2D eigenvalue weighted by Gasteiger charge is 2.21. The molecule has 1 aliphatic heterocycles. The van der Waals surface area contributed by atoms with Gasteiger partial charge >= 0.3 is 0 Å². The molecule has 5 heteroatoms. The van der Waals surface area contributed by atoms with E-state index in [9.17, 15) is 4.79 Å². The van der Waals surface area contributed by atoms with Gasteiger partial charge in [0.2, 0.25) is 0 Å². The van der Waals surface area contributed by atoms with Crippen LogP contribution >= 0.6 is 0 Å². The number of rotatable bonds is 5. The van der Waals surface area contributed by atoms with E-state index in [0.717, 1.165) is 30.7 Å². The maximum Gasteiger partial charge on any atom is 0.273 e. The Labute approximate surface area is 133 Å². The van der Waals surface area contributed by atoms with Crippen molar-refractivity contribution in [1.82, 2.24) is 15.1 Å². The largest absolute Gasteiger partial charge is 0.355 e. The Hall–Kier alpha value is -1.65. The molecule has 1 fully saturated rings. The molecule has 2 heterocycles. The first-order chi connectivity index (χ1) is 10.5. The van der Waals surface area contributed by atoms with E-state index in [2.05, 4.69) is 28.9 Å². The first-order valence-electron chi connectivity index (χ1n) is 8.27. The number of aromatic nitrogens is 2. The van der Waals surface area contributed by atoms with Gasteiger partial charge in [0.15, 0.2) is 11.5 Å². The lowest BCUT2D eigenvalue weighted by Crippen LogP contribution is -2.34. The zero-order chi connectivity index (χ0) is 16.1. The van der Waals surface area contributed by atoms with Crippen LogP contribution < -0.4 is 4.90 Å². The zero-order valence-electron chi connectivity index (χ0n) is 14.2. The van der Waals surface area contributed by atoms with Gasteiger partial charge in [0, 0.05) is 27.2 Å². The molecule has 0 unspecified atom stereocenters. The second-order valence-electron chi connectivity index (χ2n) is 6.88. The molecule has 1 aliphatic rings. The standard InChI is InChI=1S/C17H28N4O/c1-13(2)5-6-14-9-11-21(12-10-14)16-8-7-15(18-19-16)17(22)20(3)4/h7-8,13-14H,5-6,9-12H2,1-4H3. The van der Waals surface area contributed by atoms with Gasteiger partial charge in [-0.25, -0.2) is 0 Å². The molecular formula is C17H28N4O. The van der Waals surface area contributed by atoms with Crippen molar-refractivity contribution in [2.24, 2.45) is 11.8 Å². The summed E-state index contributed by atoms with van der Waals surface area (Å²) in [6, 6.07) is 3.69. The van der Waals surface area contributed by atoms with Gasteiger partial charge < -0.3 is 9.80 Å². The summed E-state index contributed by atoms with van der Waals surface area (Å²) in [7, 11) is 3.44. The Morgan fingerprint density at radius 1 is 1.27 bits per heavy atom. The zero-order valence-corrected chi connectivity index (χ0v) is 14.2. The van der Waals surface area contributed by atoms with Gasteiger partial charge in [0.25, 0.3) is 5.91 Å². The molecule has 1 saturated heterocycles. The van der Waals surface area contributed by atoms with Crippen LogP contribution in [0.4, 0.5) is 5.82 Å². The van der Waals surface area contributed by atoms with Crippen LogP contribution in [0.25, 0.3) is 0 Å². The van der Waals surface area contributed by atoms with Crippen molar-refractivity contribution < 1.29 is 4.79 Å². The minimum Gasteiger partial charge on any atom is -0.355 e. The number of hydrogen-bond donors (Lipinski definition) is 0. The summed E-state index contributed by atoms with van der Waals surface area (Å²) < 4.78 is 0. The first kappa shape index (κ1) is 16.7. The fourth-order valence-electron chi connectivity index (χ4n) is 2.86. The highest BCUT2D eigenvalue weighted by atomic mass is 16.2. The summed E-state index contributed by atoms with van der Waals surface area (Å²) in [5.41, 5.74) is 0.403. The van der Waals surface area contributed by atoms with Gasteiger partial charge in [-0.1, -0.05) is 26.7 Å². The van der Waals surface area contributed by atoms with Crippen molar-refractivity contribution in [3.05, 3.63) is 17.8 Å². The van der Waals surface area contributed by atoms with Crippen LogP contribution in [0, 0.1) is 11.8 Å². The number of amides is 1. The fraction of sp³-hybridized carbons (Fsp3) is 0.706. The molecule has 0 aliphatic carbocycles. The van der Waals surface area contributed by atoms with E-state index >= 15 is 0 Å². The lowest BCUT2D eigenvalue weighted by molar-refractivity contribution is 0.0821. The van der Waals surface area contributed by atoms with Crippen LogP contribution in [0.5, 0.6) is 0 Å². The van der Waals surface area contributed by atoms with E-state index in [-0.39, 0.29) is 5.91 Å². The topological polar surface area (TPSA) is 49.3 Å². The number of anilines is 1. The maximum atomic E-state index is 11.8. The average molecular weight is 304 g/mol. The lowest BCUT2D eigenvalue weighted by atomic mass is 9.90. The summed E-state index contributed by atoms with van der Waals surface area (Å²) in [5.74, 6) is 2.43. The van der Waals surface area contributed by atoms with Gasteiger partial charge in [0.1, 0.15) is 0 Å². The summed E-state index contributed by atoms with van der Waals surface area (Å²) in [4.78, 5) is 15.6. The van der Waals surface area contributed by atoms with Crippen LogP contribution in [0.3, 0.4) is 0 Å². The van der Waals surface area contributed by atoms with E-state index < -0.39 is 0 Å². The molecule has 0 atom stereocenters. The van der Waals surface area contributed by atoms with Gasteiger partial charge in [-0.2, -0.15) is 0 Å². The molecule has 0 radical (unpaired) electrons. The molecule has 0 bridgehead atoms. The Morgan fingerprint density at radius 3 is 2.45 bits per heavy atom. The van der Waals surface area contributed by atoms with Crippen molar-refractivity contribution in [3.63, 3.8) is 0 Å². The van der Waals surface area contributed by atoms with Crippen molar-refractivity contribution in [1.29, 1.82) is 0 Å². The summed E-state index contributed by atoms with van der Waals surface area (Å²) >= 11 is 0. The summed E-state index contributed by atoms with van der Waals surface area (Å²) in [5, 5.41) is 8.30. The number of hydrogen-bond acceptors (Lipinski definition) is 4. The molecule has 122 valence electrons. The Morgan fingerprint density at radius 2 is 1.95 bits per heavy atom. The lowest BCUT2D eigenvalue weighted by Gasteiger charge is -2.32. The molecular weight excluding hydrogens is 276 g/mol. The van der Waals surface area contributed by atoms with Crippen molar-refractivity contribution in [2.45, 2.75) is 39.5 Å². The summed E-state index contributed by atoms with van der Waals surface area (Å²) in [6.45, 7) is 6.67. The number of nitrogens with zero attached hydrogens (tertiary/aromatic N) is 4. The van der Waals surface area contributed by atoms with E-state index in [0.29, 0.717) is 5.69 Å². The van der Waals surface area contributed by atoms with Crippen LogP contribution in [-0.2, 0) is 0 Å². The maximum absolute atomic E-state index is 11.8. The van der Waals surface area contributed by atoms with E-state index in [4.69, 9.17) is 0 Å². The number of piperidine rings is 1.